The first-order valence-corrected chi connectivity index (χ1v) is 8.35. The van der Waals surface area contributed by atoms with Gasteiger partial charge in [0.2, 0.25) is 0 Å². The maximum Gasteiger partial charge on any atom is 0.0644 e. The van der Waals surface area contributed by atoms with Crippen molar-refractivity contribution in [2.24, 2.45) is 7.05 Å². The summed E-state index contributed by atoms with van der Waals surface area (Å²) in [5.74, 6) is 0. The Morgan fingerprint density at radius 2 is 1.70 bits per heavy atom. The second-order valence-electron chi connectivity index (χ2n) is 5.87. The van der Waals surface area contributed by atoms with Crippen LogP contribution < -0.4 is 5.32 Å². The van der Waals surface area contributed by atoms with Crippen molar-refractivity contribution in [2.75, 3.05) is 6.54 Å². The van der Waals surface area contributed by atoms with E-state index in [1.165, 1.54) is 61.9 Å². The normalized spacial score (nSPS) is 12.8. The minimum absolute atomic E-state index is 0.472. The van der Waals surface area contributed by atoms with Crippen LogP contribution in [0, 0.1) is 13.8 Å². The predicted octanol–water partition coefficient (Wildman–Crippen LogP) is 4.44. The van der Waals surface area contributed by atoms with E-state index in [-0.39, 0.29) is 0 Å². The molecular formula is C17H33N3. The summed E-state index contributed by atoms with van der Waals surface area (Å²) in [6.07, 6.45) is 9.40. The molecule has 1 rings (SSSR count). The van der Waals surface area contributed by atoms with Crippen LogP contribution in [0.15, 0.2) is 0 Å². The molecule has 0 saturated heterocycles. The summed E-state index contributed by atoms with van der Waals surface area (Å²) < 4.78 is 2.01. The van der Waals surface area contributed by atoms with Gasteiger partial charge in [0, 0.05) is 24.3 Å². The molecule has 3 heteroatoms. The number of hydrogen-bond donors (Lipinski definition) is 1. The average Bonchev–Trinajstić information content (AvgIpc) is 2.66. The molecule has 1 unspecified atom stereocenters. The van der Waals surface area contributed by atoms with E-state index in [4.69, 9.17) is 0 Å². The van der Waals surface area contributed by atoms with Gasteiger partial charge in [0.1, 0.15) is 0 Å². The Morgan fingerprint density at radius 1 is 1.05 bits per heavy atom. The summed E-state index contributed by atoms with van der Waals surface area (Å²) in [6.45, 7) is 9.80. The van der Waals surface area contributed by atoms with E-state index < -0.39 is 0 Å². The number of unbranched alkanes of at least 4 members (excludes halogenated alkanes) is 5. The lowest BCUT2D eigenvalue weighted by Crippen LogP contribution is -2.22. The number of nitrogens with one attached hydrogen (secondary N) is 1. The van der Waals surface area contributed by atoms with Gasteiger partial charge in [0.05, 0.1) is 5.69 Å². The molecule has 0 spiro atoms. The first-order chi connectivity index (χ1) is 9.61. The van der Waals surface area contributed by atoms with Crippen LogP contribution in [-0.4, -0.2) is 16.3 Å². The van der Waals surface area contributed by atoms with E-state index in [2.05, 4.69) is 38.1 Å². The van der Waals surface area contributed by atoms with Gasteiger partial charge in [0.15, 0.2) is 0 Å². The van der Waals surface area contributed by atoms with Crippen molar-refractivity contribution < 1.29 is 0 Å². The summed E-state index contributed by atoms with van der Waals surface area (Å²) in [4.78, 5) is 0. The van der Waals surface area contributed by atoms with Crippen molar-refractivity contribution in [1.29, 1.82) is 0 Å². The molecule has 1 heterocycles. The molecule has 0 amide bonds. The summed E-state index contributed by atoms with van der Waals surface area (Å²) in [7, 11) is 2.04. The fraction of sp³-hybridized carbons (Fsp3) is 0.824. The molecule has 0 aromatic carbocycles. The lowest BCUT2D eigenvalue weighted by molar-refractivity contribution is 0.473. The van der Waals surface area contributed by atoms with Crippen LogP contribution in [0.1, 0.15) is 81.8 Å². The minimum atomic E-state index is 0.472. The van der Waals surface area contributed by atoms with Crippen LogP contribution >= 0.6 is 0 Å². The number of aromatic nitrogens is 2. The fourth-order valence-electron chi connectivity index (χ4n) is 3.02. The Kier molecular flexibility index (Phi) is 7.90. The number of nitrogens with zero attached hydrogens (tertiary/aromatic N) is 2. The van der Waals surface area contributed by atoms with Crippen molar-refractivity contribution in [3.63, 3.8) is 0 Å². The van der Waals surface area contributed by atoms with Gasteiger partial charge in [-0.25, -0.2) is 0 Å². The highest BCUT2D eigenvalue weighted by Gasteiger charge is 2.18. The van der Waals surface area contributed by atoms with Gasteiger partial charge in [-0.1, -0.05) is 52.4 Å². The molecule has 0 saturated carbocycles. The molecule has 1 aromatic heterocycles. The van der Waals surface area contributed by atoms with Crippen molar-refractivity contribution in [3.05, 3.63) is 17.0 Å². The highest BCUT2D eigenvalue weighted by Crippen LogP contribution is 2.26. The molecule has 1 atom stereocenters. The Labute approximate surface area is 125 Å². The predicted molar refractivity (Wildman–Crippen MR) is 87.1 cm³/mol. The third-order valence-electron chi connectivity index (χ3n) is 4.21. The molecule has 116 valence electrons. The molecule has 0 fully saturated rings. The highest BCUT2D eigenvalue weighted by atomic mass is 15.3. The smallest absolute Gasteiger partial charge is 0.0644 e. The number of aryl methyl sites for hydroxylation is 2. The second kappa shape index (κ2) is 9.17. The lowest BCUT2D eigenvalue weighted by atomic mass is 9.98. The Morgan fingerprint density at radius 3 is 2.25 bits per heavy atom. The van der Waals surface area contributed by atoms with E-state index in [9.17, 15) is 0 Å². The molecule has 20 heavy (non-hydrogen) atoms. The van der Waals surface area contributed by atoms with Gasteiger partial charge in [-0.3, -0.25) is 4.68 Å². The van der Waals surface area contributed by atoms with Crippen LogP contribution in [0.2, 0.25) is 0 Å². The zero-order chi connectivity index (χ0) is 15.0. The van der Waals surface area contributed by atoms with Crippen LogP contribution in [0.4, 0.5) is 0 Å². The second-order valence-corrected chi connectivity index (χ2v) is 5.87. The molecule has 0 radical (unpaired) electrons. The Hall–Kier alpha value is -0.830. The third kappa shape index (κ3) is 4.93. The zero-order valence-corrected chi connectivity index (χ0v) is 14.1. The molecule has 0 aliphatic carbocycles. The standard InChI is InChI=1S/C17H33N3/c1-6-8-9-10-11-12-13-16(18-7-2)17-14(3)19-20(5)15(17)4/h16,18H,6-13H2,1-5H3. The quantitative estimate of drug-likeness (QED) is 0.642. The molecule has 1 N–H and O–H groups in total. The highest BCUT2D eigenvalue weighted by molar-refractivity contribution is 5.28. The van der Waals surface area contributed by atoms with Gasteiger partial charge in [-0.2, -0.15) is 5.10 Å². The van der Waals surface area contributed by atoms with Crippen LogP contribution in [0.3, 0.4) is 0 Å². The van der Waals surface area contributed by atoms with Crippen molar-refractivity contribution in [3.8, 4) is 0 Å². The summed E-state index contributed by atoms with van der Waals surface area (Å²) >= 11 is 0. The van der Waals surface area contributed by atoms with Gasteiger partial charge in [-0.15, -0.1) is 0 Å². The first kappa shape index (κ1) is 17.2. The van der Waals surface area contributed by atoms with E-state index >= 15 is 0 Å². The average molecular weight is 279 g/mol. The molecule has 0 bridgehead atoms. The van der Waals surface area contributed by atoms with Gasteiger partial charge in [0.25, 0.3) is 0 Å². The zero-order valence-electron chi connectivity index (χ0n) is 14.1. The number of hydrogen-bond acceptors (Lipinski definition) is 2. The van der Waals surface area contributed by atoms with Gasteiger partial charge >= 0.3 is 0 Å². The topological polar surface area (TPSA) is 29.9 Å². The maximum atomic E-state index is 4.56. The Bertz CT molecular complexity index is 382. The molecule has 0 aliphatic rings. The van der Waals surface area contributed by atoms with Crippen molar-refractivity contribution >= 4 is 0 Å². The maximum absolute atomic E-state index is 4.56. The lowest BCUT2D eigenvalue weighted by Gasteiger charge is -2.19. The van der Waals surface area contributed by atoms with Crippen molar-refractivity contribution in [2.45, 2.75) is 78.7 Å². The monoisotopic (exact) mass is 279 g/mol. The van der Waals surface area contributed by atoms with E-state index in [0.717, 1.165) is 6.54 Å². The van der Waals surface area contributed by atoms with Gasteiger partial charge < -0.3 is 5.32 Å². The van der Waals surface area contributed by atoms with E-state index in [1.54, 1.807) is 0 Å². The molecule has 3 nitrogen and oxygen atoms in total. The van der Waals surface area contributed by atoms with Crippen LogP contribution in [-0.2, 0) is 7.05 Å². The molecule has 1 aromatic rings. The first-order valence-electron chi connectivity index (χ1n) is 8.35. The van der Waals surface area contributed by atoms with E-state index in [1.807, 2.05) is 11.7 Å². The largest absolute Gasteiger partial charge is 0.310 e. The molecular weight excluding hydrogens is 246 g/mol. The van der Waals surface area contributed by atoms with Crippen LogP contribution in [0.25, 0.3) is 0 Å². The fourth-order valence-corrected chi connectivity index (χ4v) is 3.02. The number of rotatable bonds is 10. The summed E-state index contributed by atoms with van der Waals surface area (Å²) in [5.41, 5.74) is 3.91. The minimum Gasteiger partial charge on any atom is -0.310 e. The van der Waals surface area contributed by atoms with E-state index in [0.29, 0.717) is 6.04 Å². The Balaban J connectivity index is 2.52. The SMILES string of the molecule is CCCCCCCCC(NCC)c1c(C)nn(C)c1C. The van der Waals surface area contributed by atoms with Crippen molar-refractivity contribution in [1.82, 2.24) is 15.1 Å². The third-order valence-corrected chi connectivity index (χ3v) is 4.21. The van der Waals surface area contributed by atoms with Crippen LogP contribution in [0.5, 0.6) is 0 Å². The summed E-state index contributed by atoms with van der Waals surface area (Å²) in [5, 5.41) is 8.20. The summed E-state index contributed by atoms with van der Waals surface area (Å²) in [6, 6.07) is 0.472. The van der Waals surface area contributed by atoms with Gasteiger partial charge in [-0.05, 0) is 26.8 Å². The molecule has 0 aliphatic heterocycles.